The van der Waals surface area contributed by atoms with Crippen LogP contribution in [0.15, 0.2) is 72.3 Å². The van der Waals surface area contributed by atoms with Gasteiger partial charge in [-0.3, -0.25) is 4.79 Å². The van der Waals surface area contributed by atoms with Gasteiger partial charge in [0.25, 0.3) is 5.91 Å². The molecule has 0 bridgehead atoms. The number of carbonyl (C=O) groups excluding carboxylic acids is 1. The van der Waals surface area contributed by atoms with Crippen molar-refractivity contribution in [2.24, 2.45) is 0 Å². The maximum Gasteiger partial charge on any atom is 0.266 e. The van der Waals surface area contributed by atoms with Crippen LogP contribution < -0.4 is 10.2 Å². The first kappa shape index (κ1) is 19.2. The number of nitriles is 1. The van der Waals surface area contributed by atoms with E-state index in [-0.39, 0.29) is 5.57 Å². The summed E-state index contributed by atoms with van der Waals surface area (Å²) in [6.07, 6.45) is 1.61. The molecule has 0 fully saturated rings. The molecule has 1 amide bonds. The van der Waals surface area contributed by atoms with E-state index in [0.29, 0.717) is 5.69 Å². The predicted octanol–water partition coefficient (Wildman–Crippen LogP) is 5.23. The first-order valence-electron chi connectivity index (χ1n) is 9.41. The van der Waals surface area contributed by atoms with Gasteiger partial charge in [0.2, 0.25) is 0 Å². The Morgan fingerprint density at radius 3 is 2.32 bits per heavy atom. The van der Waals surface area contributed by atoms with E-state index in [1.165, 1.54) is 0 Å². The highest BCUT2D eigenvalue weighted by Gasteiger charge is 2.10. The SMILES string of the molecule is CCN(CC)c1ccc(/C=C(/C#N)C(=O)Nc2ccc3ccccc3c2)cc1. The summed E-state index contributed by atoms with van der Waals surface area (Å²) in [6, 6.07) is 23.5. The van der Waals surface area contributed by atoms with Crippen LogP contribution in [0, 0.1) is 11.3 Å². The molecule has 3 rings (SSSR count). The molecule has 3 aromatic carbocycles. The van der Waals surface area contributed by atoms with E-state index in [1.54, 1.807) is 6.08 Å². The highest BCUT2D eigenvalue weighted by molar-refractivity contribution is 6.10. The Balaban J connectivity index is 1.77. The number of nitrogens with zero attached hydrogens (tertiary/aromatic N) is 2. The van der Waals surface area contributed by atoms with E-state index in [2.05, 4.69) is 24.1 Å². The monoisotopic (exact) mass is 369 g/mol. The fraction of sp³-hybridized carbons (Fsp3) is 0.167. The maximum atomic E-state index is 12.5. The standard InChI is InChI=1S/C24H23N3O/c1-3-27(4-2)23-13-9-18(10-14-23)15-21(17-25)24(28)26-22-12-11-19-7-5-6-8-20(19)16-22/h5-16H,3-4H2,1-2H3,(H,26,28)/b21-15-. The minimum absolute atomic E-state index is 0.0729. The van der Waals surface area contributed by atoms with Crippen LogP contribution in [0.4, 0.5) is 11.4 Å². The van der Waals surface area contributed by atoms with Crippen molar-refractivity contribution in [3.63, 3.8) is 0 Å². The smallest absolute Gasteiger partial charge is 0.266 e. The Morgan fingerprint density at radius 2 is 1.68 bits per heavy atom. The molecule has 0 heterocycles. The Morgan fingerprint density at radius 1 is 1.00 bits per heavy atom. The van der Waals surface area contributed by atoms with Gasteiger partial charge < -0.3 is 10.2 Å². The van der Waals surface area contributed by atoms with E-state index in [1.807, 2.05) is 72.8 Å². The average molecular weight is 369 g/mol. The molecular weight excluding hydrogens is 346 g/mol. The quantitative estimate of drug-likeness (QED) is 0.478. The number of fused-ring (bicyclic) bond motifs is 1. The number of anilines is 2. The molecule has 0 aromatic heterocycles. The molecule has 0 atom stereocenters. The van der Waals surface area contributed by atoms with Gasteiger partial charge in [-0.15, -0.1) is 0 Å². The largest absolute Gasteiger partial charge is 0.372 e. The fourth-order valence-corrected chi connectivity index (χ4v) is 3.15. The number of hydrogen-bond acceptors (Lipinski definition) is 3. The second-order valence-electron chi connectivity index (χ2n) is 6.45. The molecule has 0 spiro atoms. The number of amides is 1. The second kappa shape index (κ2) is 8.88. The third-order valence-corrected chi connectivity index (χ3v) is 4.71. The van der Waals surface area contributed by atoms with Crippen LogP contribution in [0.1, 0.15) is 19.4 Å². The molecule has 4 nitrogen and oxygen atoms in total. The Bertz CT molecular complexity index is 1040. The minimum Gasteiger partial charge on any atom is -0.372 e. The van der Waals surface area contributed by atoms with Crippen molar-refractivity contribution in [3.05, 3.63) is 77.9 Å². The van der Waals surface area contributed by atoms with Crippen LogP contribution in [-0.4, -0.2) is 19.0 Å². The molecule has 0 aliphatic carbocycles. The van der Waals surface area contributed by atoms with Crippen molar-refractivity contribution in [3.8, 4) is 6.07 Å². The molecule has 140 valence electrons. The lowest BCUT2D eigenvalue weighted by Crippen LogP contribution is -2.21. The van der Waals surface area contributed by atoms with Gasteiger partial charge in [0.15, 0.2) is 0 Å². The zero-order valence-corrected chi connectivity index (χ0v) is 16.1. The summed E-state index contributed by atoms with van der Waals surface area (Å²) in [6.45, 7) is 6.09. The van der Waals surface area contributed by atoms with Crippen molar-refractivity contribution in [2.45, 2.75) is 13.8 Å². The van der Waals surface area contributed by atoms with Gasteiger partial charge in [0.05, 0.1) is 0 Å². The van der Waals surface area contributed by atoms with Crippen molar-refractivity contribution in [1.29, 1.82) is 5.26 Å². The topological polar surface area (TPSA) is 56.1 Å². The number of carbonyl (C=O) groups is 1. The van der Waals surface area contributed by atoms with Crippen LogP contribution in [0.25, 0.3) is 16.8 Å². The lowest BCUT2D eigenvalue weighted by atomic mass is 10.1. The average Bonchev–Trinajstić information content (AvgIpc) is 2.73. The first-order chi connectivity index (χ1) is 13.6. The maximum absolute atomic E-state index is 12.5. The van der Waals surface area contributed by atoms with Crippen LogP contribution in [0.3, 0.4) is 0 Å². The second-order valence-corrected chi connectivity index (χ2v) is 6.45. The number of nitrogens with one attached hydrogen (secondary N) is 1. The molecule has 0 unspecified atom stereocenters. The van der Waals surface area contributed by atoms with Crippen LogP contribution >= 0.6 is 0 Å². The van der Waals surface area contributed by atoms with Crippen molar-refractivity contribution < 1.29 is 4.79 Å². The summed E-state index contributed by atoms with van der Waals surface area (Å²) >= 11 is 0. The lowest BCUT2D eigenvalue weighted by molar-refractivity contribution is -0.112. The Kier molecular flexibility index (Phi) is 6.08. The van der Waals surface area contributed by atoms with Crippen LogP contribution in [-0.2, 0) is 4.79 Å². The lowest BCUT2D eigenvalue weighted by Gasteiger charge is -2.20. The number of hydrogen-bond donors (Lipinski definition) is 1. The molecular formula is C24H23N3O. The molecule has 0 saturated heterocycles. The van der Waals surface area contributed by atoms with E-state index >= 15 is 0 Å². The third kappa shape index (κ3) is 4.39. The van der Waals surface area contributed by atoms with Gasteiger partial charge in [-0.2, -0.15) is 5.26 Å². The van der Waals surface area contributed by atoms with Gasteiger partial charge in [-0.25, -0.2) is 0 Å². The molecule has 3 aromatic rings. The predicted molar refractivity (Wildman–Crippen MR) is 116 cm³/mol. The van der Waals surface area contributed by atoms with Gasteiger partial charge in [-0.1, -0.05) is 42.5 Å². The highest BCUT2D eigenvalue weighted by atomic mass is 16.1. The molecule has 1 N–H and O–H groups in total. The third-order valence-electron chi connectivity index (χ3n) is 4.71. The molecule has 28 heavy (non-hydrogen) atoms. The van der Waals surface area contributed by atoms with E-state index in [0.717, 1.165) is 35.1 Å². The number of rotatable bonds is 6. The van der Waals surface area contributed by atoms with Crippen molar-refractivity contribution in [2.75, 3.05) is 23.3 Å². The van der Waals surface area contributed by atoms with E-state index in [9.17, 15) is 10.1 Å². The molecule has 4 heteroatoms. The van der Waals surface area contributed by atoms with Gasteiger partial charge >= 0.3 is 0 Å². The van der Waals surface area contributed by atoms with Crippen molar-refractivity contribution >= 4 is 34.1 Å². The number of benzene rings is 3. The zero-order valence-electron chi connectivity index (χ0n) is 16.1. The van der Waals surface area contributed by atoms with Crippen molar-refractivity contribution in [1.82, 2.24) is 0 Å². The summed E-state index contributed by atoms with van der Waals surface area (Å²) in [7, 11) is 0. The Labute approximate surface area is 165 Å². The first-order valence-corrected chi connectivity index (χ1v) is 9.41. The highest BCUT2D eigenvalue weighted by Crippen LogP contribution is 2.20. The zero-order chi connectivity index (χ0) is 19.9. The van der Waals surface area contributed by atoms with Gasteiger partial charge in [-0.05, 0) is 60.5 Å². The van der Waals surface area contributed by atoms with Crippen LogP contribution in [0.2, 0.25) is 0 Å². The van der Waals surface area contributed by atoms with Gasteiger partial charge in [0.1, 0.15) is 11.6 Å². The minimum atomic E-state index is -0.411. The molecule has 0 aliphatic rings. The summed E-state index contributed by atoms with van der Waals surface area (Å²) in [5.41, 5.74) is 2.69. The van der Waals surface area contributed by atoms with E-state index < -0.39 is 5.91 Å². The summed E-state index contributed by atoms with van der Waals surface area (Å²) in [4.78, 5) is 14.8. The van der Waals surface area contributed by atoms with Crippen LogP contribution in [0.5, 0.6) is 0 Å². The molecule has 0 saturated carbocycles. The van der Waals surface area contributed by atoms with Gasteiger partial charge in [0, 0.05) is 24.5 Å². The molecule has 0 radical (unpaired) electrons. The van der Waals surface area contributed by atoms with E-state index in [4.69, 9.17) is 0 Å². The summed E-state index contributed by atoms with van der Waals surface area (Å²) < 4.78 is 0. The Hall–Kier alpha value is -3.58. The molecule has 0 aliphatic heterocycles. The normalized spacial score (nSPS) is 11.1. The summed E-state index contributed by atoms with van der Waals surface area (Å²) in [5.74, 6) is -0.411. The fourth-order valence-electron chi connectivity index (χ4n) is 3.15. The summed E-state index contributed by atoms with van der Waals surface area (Å²) in [5, 5.41) is 14.4.